The average molecular weight is 412 g/mol. The molecule has 8 heteroatoms. The summed E-state index contributed by atoms with van der Waals surface area (Å²) in [7, 11) is 0. The van der Waals surface area contributed by atoms with E-state index in [1.807, 2.05) is 47.1 Å². The molecule has 1 amide bonds. The smallest absolute Gasteiger partial charge is 0.244 e. The van der Waals surface area contributed by atoms with Crippen molar-refractivity contribution in [3.8, 4) is 5.69 Å². The molecule has 0 radical (unpaired) electrons. The number of fused-ring (bicyclic) bond motifs is 1. The van der Waals surface area contributed by atoms with E-state index in [4.69, 9.17) is 23.2 Å². The highest BCUT2D eigenvalue weighted by Crippen LogP contribution is 2.18. The van der Waals surface area contributed by atoms with Crippen LogP contribution in [0.4, 0.5) is 0 Å². The minimum absolute atomic E-state index is 0.235. The molecule has 0 bridgehead atoms. The molecule has 4 aromatic rings. The fourth-order valence-electron chi connectivity index (χ4n) is 2.72. The lowest BCUT2D eigenvalue weighted by Gasteiger charge is -2.01. The second kappa shape index (κ2) is 7.88. The van der Waals surface area contributed by atoms with Crippen LogP contribution in [0.1, 0.15) is 11.3 Å². The number of nitrogens with zero attached hydrogens (tertiary/aromatic N) is 4. The van der Waals surface area contributed by atoms with Crippen LogP contribution in [0.3, 0.4) is 0 Å². The molecule has 4 rings (SSSR count). The number of hydrogen-bond acceptors (Lipinski definition) is 3. The molecule has 6 nitrogen and oxygen atoms in total. The Bertz CT molecular complexity index is 1160. The van der Waals surface area contributed by atoms with Gasteiger partial charge in [0.2, 0.25) is 5.91 Å². The van der Waals surface area contributed by atoms with Crippen molar-refractivity contribution in [3.05, 3.63) is 88.6 Å². The van der Waals surface area contributed by atoms with Crippen LogP contribution >= 0.6 is 23.2 Å². The Labute approximate surface area is 171 Å². The largest absolute Gasteiger partial charge is 0.348 e. The minimum Gasteiger partial charge on any atom is -0.348 e. The number of nitrogens with one attached hydrogen (secondary N) is 1. The van der Waals surface area contributed by atoms with Crippen LogP contribution in [0.25, 0.3) is 17.4 Å². The van der Waals surface area contributed by atoms with Crippen molar-refractivity contribution < 1.29 is 4.79 Å². The molecule has 1 aromatic carbocycles. The lowest BCUT2D eigenvalue weighted by atomic mass is 10.3. The summed E-state index contributed by atoms with van der Waals surface area (Å²) < 4.78 is 3.55. The third-order valence-electron chi connectivity index (χ3n) is 4.11. The van der Waals surface area contributed by atoms with Crippen molar-refractivity contribution in [1.82, 2.24) is 24.5 Å². The number of halogens is 2. The van der Waals surface area contributed by atoms with E-state index >= 15 is 0 Å². The number of benzene rings is 1. The number of hydrogen-bond donors (Lipinski definition) is 1. The molecule has 0 fully saturated rings. The molecule has 0 aliphatic carbocycles. The predicted octanol–water partition coefficient (Wildman–Crippen LogP) is 4.16. The van der Waals surface area contributed by atoms with Gasteiger partial charge >= 0.3 is 0 Å². The maximum Gasteiger partial charge on any atom is 0.244 e. The van der Waals surface area contributed by atoms with Gasteiger partial charge in [0, 0.05) is 35.6 Å². The van der Waals surface area contributed by atoms with Gasteiger partial charge in [0.1, 0.15) is 5.65 Å². The van der Waals surface area contributed by atoms with Crippen LogP contribution in [0.15, 0.2) is 67.1 Å². The second-order valence-corrected chi connectivity index (χ2v) is 6.83. The highest BCUT2D eigenvalue weighted by Gasteiger charge is 2.07. The van der Waals surface area contributed by atoms with Crippen LogP contribution in [0.2, 0.25) is 10.2 Å². The second-order valence-electron chi connectivity index (χ2n) is 6.04. The Morgan fingerprint density at radius 2 is 1.96 bits per heavy atom. The molecule has 0 aliphatic heterocycles. The molecule has 1 N–H and O–H groups in total. The van der Waals surface area contributed by atoms with Crippen molar-refractivity contribution in [3.63, 3.8) is 0 Å². The summed E-state index contributed by atoms with van der Waals surface area (Å²) in [5.74, 6) is -0.235. The van der Waals surface area contributed by atoms with Gasteiger partial charge < -0.3 is 5.32 Å². The Morgan fingerprint density at radius 1 is 1.14 bits per heavy atom. The number of imidazole rings is 1. The highest BCUT2D eigenvalue weighted by molar-refractivity contribution is 6.31. The summed E-state index contributed by atoms with van der Waals surface area (Å²) in [6.07, 6.45) is 8.49. The Morgan fingerprint density at radius 3 is 2.79 bits per heavy atom. The zero-order valence-corrected chi connectivity index (χ0v) is 16.1. The zero-order chi connectivity index (χ0) is 19.5. The van der Waals surface area contributed by atoms with Crippen LogP contribution in [0, 0.1) is 0 Å². The average Bonchev–Trinajstić information content (AvgIpc) is 3.29. The maximum absolute atomic E-state index is 12.2. The third-order valence-corrected chi connectivity index (χ3v) is 4.64. The van der Waals surface area contributed by atoms with Gasteiger partial charge in [-0.25, -0.2) is 9.67 Å². The molecule has 3 aromatic heterocycles. The van der Waals surface area contributed by atoms with E-state index in [0.29, 0.717) is 22.4 Å². The number of amides is 1. The van der Waals surface area contributed by atoms with E-state index in [2.05, 4.69) is 15.4 Å². The summed E-state index contributed by atoms with van der Waals surface area (Å²) in [5, 5.41) is 8.15. The number of rotatable bonds is 5. The van der Waals surface area contributed by atoms with Crippen LogP contribution in [-0.4, -0.2) is 25.1 Å². The van der Waals surface area contributed by atoms with Crippen molar-refractivity contribution >= 4 is 40.8 Å². The summed E-state index contributed by atoms with van der Waals surface area (Å²) >= 11 is 12.1. The number of aromatic nitrogens is 4. The third kappa shape index (κ3) is 3.93. The molecule has 0 atom stereocenters. The first-order chi connectivity index (χ1) is 13.6. The van der Waals surface area contributed by atoms with Gasteiger partial charge in [0.15, 0.2) is 5.15 Å². The first-order valence-corrected chi connectivity index (χ1v) is 9.24. The molecule has 0 saturated heterocycles. The van der Waals surface area contributed by atoms with Gasteiger partial charge in [-0.15, -0.1) is 0 Å². The standard InChI is InChI=1S/C20H15Cl2N5O/c21-15-4-6-16(7-5-15)27-13-14(12-24-27)11-23-19(28)9-8-17-20(22)25-18-3-1-2-10-26(17)18/h1-10,12-13H,11H2,(H,23,28). The van der Waals surface area contributed by atoms with Gasteiger partial charge in [-0.05, 0) is 42.5 Å². The summed E-state index contributed by atoms with van der Waals surface area (Å²) in [4.78, 5) is 16.4. The molecule has 28 heavy (non-hydrogen) atoms. The van der Waals surface area contributed by atoms with E-state index < -0.39 is 0 Å². The van der Waals surface area contributed by atoms with E-state index in [-0.39, 0.29) is 5.91 Å². The van der Waals surface area contributed by atoms with E-state index in [1.165, 1.54) is 6.08 Å². The van der Waals surface area contributed by atoms with Crippen molar-refractivity contribution in [2.45, 2.75) is 6.54 Å². The van der Waals surface area contributed by atoms with Crippen LogP contribution in [-0.2, 0) is 11.3 Å². The van der Waals surface area contributed by atoms with Gasteiger partial charge in [0.05, 0.1) is 17.6 Å². The number of carbonyl (C=O) groups is 1. The topological polar surface area (TPSA) is 64.2 Å². The van der Waals surface area contributed by atoms with E-state index in [9.17, 15) is 4.79 Å². The summed E-state index contributed by atoms with van der Waals surface area (Å²) in [6, 6.07) is 13.0. The molecule has 0 unspecified atom stereocenters. The number of carbonyl (C=O) groups excluding carboxylic acids is 1. The molecule has 140 valence electrons. The normalized spacial score (nSPS) is 11.4. The molecule has 0 aliphatic rings. The van der Waals surface area contributed by atoms with Crippen molar-refractivity contribution in [2.24, 2.45) is 0 Å². The SMILES string of the molecule is O=C(C=Cc1c(Cl)nc2ccccn12)NCc1cnn(-c2ccc(Cl)cc2)c1. The van der Waals surface area contributed by atoms with Gasteiger partial charge in [-0.2, -0.15) is 5.10 Å². The lowest BCUT2D eigenvalue weighted by Crippen LogP contribution is -2.19. The molecular weight excluding hydrogens is 397 g/mol. The van der Waals surface area contributed by atoms with Crippen LogP contribution in [0.5, 0.6) is 0 Å². The first kappa shape index (κ1) is 18.3. The van der Waals surface area contributed by atoms with Gasteiger partial charge in [-0.3, -0.25) is 9.20 Å². The quantitative estimate of drug-likeness (QED) is 0.501. The Kier molecular flexibility index (Phi) is 5.14. The highest BCUT2D eigenvalue weighted by atomic mass is 35.5. The van der Waals surface area contributed by atoms with Crippen molar-refractivity contribution in [2.75, 3.05) is 0 Å². The van der Waals surface area contributed by atoms with Gasteiger partial charge in [0.25, 0.3) is 0 Å². The molecular formula is C20H15Cl2N5O. The molecule has 3 heterocycles. The molecule has 0 spiro atoms. The lowest BCUT2D eigenvalue weighted by molar-refractivity contribution is -0.116. The van der Waals surface area contributed by atoms with Crippen molar-refractivity contribution in [1.29, 1.82) is 0 Å². The van der Waals surface area contributed by atoms with Gasteiger partial charge in [-0.1, -0.05) is 29.3 Å². The Hall–Kier alpha value is -3.09. The fourth-order valence-corrected chi connectivity index (χ4v) is 3.09. The predicted molar refractivity (Wildman–Crippen MR) is 110 cm³/mol. The first-order valence-electron chi connectivity index (χ1n) is 8.48. The summed E-state index contributed by atoms with van der Waals surface area (Å²) in [5.41, 5.74) is 3.15. The Balaban J connectivity index is 1.40. The maximum atomic E-state index is 12.2. The minimum atomic E-state index is -0.235. The summed E-state index contributed by atoms with van der Waals surface area (Å²) in [6.45, 7) is 0.359. The van der Waals surface area contributed by atoms with E-state index in [0.717, 1.165) is 16.9 Å². The van der Waals surface area contributed by atoms with E-state index in [1.54, 1.807) is 29.1 Å². The fraction of sp³-hybridized carbons (Fsp3) is 0.0500. The number of pyridine rings is 1. The zero-order valence-electron chi connectivity index (χ0n) is 14.6. The molecule has 0 saturated carbocycles. The van der Waals surface area contributed by atoms with Crippen LogP contribution < -0.4 is 5.32 Å². The monoisotopic (exact) mass is 411 g/mol.